The van der Waals surface area contributed by atoms with Gasteiger partial charge in [0.25, 0.3) is 0 Å². The number of amides is 5. The van der Waals surface area contributed by atoms with Crippen LogP contribution in [0.1, 0.15) is 74.4 Å². The van der Waals surface area contributed by atoms with E-state index in [-0.39, 0.29) is 108 Å². The van der Waals surface area contributed by atoms with Crippen LogP contribution in [-0.2, 0) is 11.3 Å². The second-order valence-electron chi connectivity index (χ2n) is 23.8. The third-order valence-corrected chi connectivity index (χ3v) is 17.0. The van der Waals surface area contributed by atoms with Crippen LogP contribution >= 0.6 is 69.0 Å². The molecule has 0 aliphatic carbocycles. The Balaban J connectivity index is 0.000000303. The number of benzene rings is 10. The zero-order chi connectivity index (χ0) is 86.8. The molecule has 2 aliphatic rings. The van der Waals surface area contributed by atoms with Crippen LogP contribution in [-0.4, -0.2) is 120 Å². The summed E-state index contributed by atoms with van der Waals surface area (Å²) in [6.07, 6.45) is -9.08. The largest absolute Gasteiger partial charge is 2.00 e. The van der Waals surface area contributed by atoms with Crippen molar-refractivity contribution in [3.8, 4) is 6.07 Å². The van der Waals surface area contributed by atoms with Crippen LogP contribution in [0, 0.1) is 46.5 Å². The fourth-order valence-electron chi connectivity index (χ4n) is 10.8. The van der Waals surface area contributed by atoms with Crippen LogP contribution in [0.15, 0.2) is 237 Å². The van der Waals surface area contributed by atoms with Crippen LogP contribution in [0.3, 0.4) is 0 Å². The number of rotatable bonds is 10. The molecule has 118 heavy (non-hydrogen) atoms. The van der Waals surface area contributed by atoms with E-state index >= 15 is 0 Å². The zero-order valence-corrected chi connectivity index (χ0v) is 69.0. The molecule has 616 valence electrons. The van der Waals surface area contributed by atoms with Crippen molar-refractivity contribution in [2.24, 2.45) is 5.73 Å². The molecule has 17 nitrogen and oxygen atoms in total. The van der Waals surface area contributed by atoms with Gasteiger partial charge >= 0.3 is 59.7 Å². The Hall–Kier alpha value is -10.1. The summed E-state index contributed by atoms with van der Waals surface area (Å²) >= 11 is 25.2. The van der Waals surface area contributed by atoms with Gasteiger partial charge in [-0.05, 0) is 169 Å². The normalized spacial score (nSPS) is 14.2. The summed E-state index contributed by atoms with van der Waals surface area (Å²) < 4.78 is 183. The van der Waals surface area contributed by atoms with Gasteiger partial charge in [-0.15, -0.1) is 12.1 Å². The first-order chi connectivity index (χ1) is 55.1. The molecule has 1 aromatic heterocycles. The number of alkyl halides is 10. The summed E-state index contributed by atoms with van der Waals surface area (Å²) in [6, 6.07) is 52.8. The topological polar surface area (TPSA) is 268 Å². The summed E-state index contributed by atoms with van der Waals surface area (Å²) in [5.74, 6) is -2.90. The molecule has 10 N–H and O–H groups in total. The molecule has 0 fully saturated rings. The second-order valence-corrected chi connectivity index (χ2v) is 25.5. The Morgan fingerprint density at radius 2 is 1.02 bits per heavy atom. The number of halogens is 20. The third kappa shape index (κ3) is 28.6. The predicted molar refractivity (Wildman–Crippen MR) is 429 cm³/mol. The van der Waals surface area contributed by atoms with Crippen LogP contribution in [0.4, 0.5) is 104 Å². The Morgan fingerprint density at radius 1 is 0.585 bits per heavy atom. The summed E-state index contributed by atoms with van der Waals surface area (Å²) in [6.45, 7) is -2.69. The van der Waals surface area contributed by atoms with Crippen LogP contribution in [0.25, 0.3) is 0 Å². The number of nitrogens with zero attached hydrogens (tertiary/aromatic N) is 5. The molecule has 3 heterocycles. The van der Waals surface area contributed by atoms with Crippen molar-refractivity contribution in [2.75, 3.05) is 52.0 Å². The number of ketones is 2. The number of fused-ring (bicyclic) bond motifs is 2. The summed E-state index contributed by atoms with van der Waals surface area (Å²) in [7, 11) is 0. The maximum atomic E-state index is 13.9. The molecule has 0 spiro atoms. The smallest absolute Gasteiger partial charge is 1.00 e. The van der Waals surface area contributed by atoms with E-state index in [0.717, 1.165) is 29.2 Å². The molecule has 2 atom stereocenters. The fourth-order valence-corrected chi connectivity index (χ4v) is 11.5. The van der Waals surface area contributed by atoms with E-state index in [1.54, 1.807) is 67.6 Å². The van der Waals surface area contributed by atoms with Crippen molar-refractivity contribution in [2.45, 2.75) is 43.1 Å². The van der Waals surface area contributed by atoms with Gasteiger partial charge in [-0.25, -0.2) is 41.3 Å². The molecule has 0 radical (unpaired) electrons. The standard InChI is InChI=1S/C18H16F4N2O.C17H11ClFN3O2.C16H11ClF4N2O2.C13H9ClFNO.C7H5ClN2.C6H4F.C2H4F3N.CH3I.BrH.Mg/c1-2-17(12-6-4-3-5-7-12)14-10-13(19)8-9-15(14)23-16(25)24(17)11-18(20,21)22;18-12-3-6-15(21-17(24)22-8-7-20-10-22)14(9-12)16(23)11-1-4-13(19)5-2-11;17-10-3-6-13-12(7-10)16(25,9-1-4-11(18)5-2-9)23(14(24)22-13)8-15(19,20)21;14-9-3-6-12(16)11(7-9)13(17)8-1-4-10(15)5-2-8;8-6-1-2-7(10)5(3-6)4-9;7-6-4-2-1-3-5-6;3-2(4,5)1-6;1-2;;/h3-10H,2,11H2,1H3,(H,23,25);1-10H,(H,21,24);1-7,25H,8H2,(H,22,24);1-7H,16H2;1-3H,10H2;2-5H;1,6H2;1H3;1H;/q;;;;;-1;;;;+2/p-1/i;;;;;;;1D;;. The van der Waals surface area contributed by atoms with Crippen LogP contribution in [0.2, 0.25) is 20.1 Å². The molecule has 2 unspecified atom stereocenters. The van der Waals surface area contributed by atoms with Crippen molar-refractivity contribution < 1.29 is 109 Å². The Morgan fingerprint density at radius 3 is 1.49 bits per heavy atom. The van der Waals surface area contributed by atoms with Gasteiger partial charge in [-0.1, -0.05) is 118 Å². The van der Waals surface area contributed by atoms with Crippen molar-refractivity contribution in [3.05, 3.63) is 342 Å². The van der Waals surface area contributed by atoms with E-state index in [2.05, 4.69) is 32.7 Å². The van der Waals surface area contributed by atoms with E-state index < -0.39 is 85.0 Å². The van der Waals surface area contributed by atoms with E-state index in [1.807, 2.05) is 28.7 Å². The number of imidazole rings is 1. The minimum absolute atomic E-state index is 0. The number of carbonyl (C=O) groups is 5. The average molecular weight is 1910 g/mol. The first-order valence-corrected chi connectivity index (χ1v) is 36.0. The van der Waals surface area contributed by atoms with Crippen molar-refractivity contribution in [1.82, 2.24) is 19.4 Å². The Labute approximate surface area is 727 Å². The first kappa shape index (κ1) is 98.5. The molecule has 0 saturated carbocycles. The number of hydrogen-bond donors (Lipinski definition) is 7. The van der Waals surface area contributed by atoms with Crippen molar-refractivity contribution >= 4 is 150 Å². The molecular weight excluding hydrogens is 1850 g/mol. The minimum atomic E-state index is -4.76. The number of nitriles is 1. The van der Waals surface area contributed by atoms with Crippen LogP contribution in [0.5, 0.6) is 0 Å². The summed E-state index contributed by atoms with van der Waals surface area (Å²) in [5.41, 5.74) is 15.3. The number of nitrogen functional groups attached to an aromatic ring is 2. The van der Waals surface area contributed by atoms with Crippen molar-refractivity contribution in [1.29, 1.82) is 5.26 Å². The number of anilines is 5. The quantitative estimate of drug-likeness (QED) is 0.0129. The molecule has 0 saturated heterocycles. The first-order valence-electron chi connectivity index (χ1n) is 33.7. The minimum Gasteiger partial charge on any atom is -1.00 e. The molecule has 38 heteroatoms. The number of carbonyl (C=O) groups excluding carboxylic acids is 5. The number of urea groups is 2. The van der Waals surface area contributed by atoms with Gasteiger partial charge in [0.1, 0.15) is 48.8 Å². The van der Waals surface area contributed by atoms with E-state index in [0.29, 0.717) is 70.5 Å². The van der Waals surface area contributed by atoms with E-state index in [1.165, 1.54) is 157 Å². The summed E-state index contributed by atoms with van der Waals surface area (Å²) in [4.78, 5) is 66.8. The van der Waals surface area contributed by atoms with Gasteiger partial charge in [0, 0.05) is 95.7 Å². The van der Waals surface area contributed by atoms with Gasteiger partial charge in [-0.3, -0.25) is 19.1 Å². The zero-order valence-electron chi connectivity index (χ0n) is 61.8. The van der Waals surface area contributed by atoms with E-state index in [4.69, 9.17) is 64.5 Å². The molecule has 5 amide bonds. The summed E-state index contributed by atoms with van der Waals surface area (Å²) in [5, 5.41) is 28.5. The molecule has 11 aromatic rings. The number of nitrogens with one attached hydrogen (secondary N) is 3. The molecule has 2 aliphatic heterocycles. The second kappa shape index (κ2) is 45.8. The monoisotopic (exact) mass is 1910 g/mol. The van der Waals surface area contributed by atoms with Crippen LogP contribution < -0.4 is 50.1 Å². The van der Waals surface area contributed by atoms with Gasteiger partial charge in [-0.2, -0.15) is 63.0 Å². The van der Waals surface area contributed by atoms with E-state index in [9.17, 15) is 90.5 Å². The Kier molecular flexibility index (Phi) is 38.2. The molecular formula is C80H63BrCl4F14IMgN11O6. The molecule has 0 bridgehead atoms. The average Bonchev–Trinajstić information content (AvgIpc) is 0.828. The number of aromatic nitrogens is 2. The number of hydrogen-bond acceptors (Lipinski definition) is 11. The maximum Gasteiger partial charge on any atom is 2.00 e. The SMILES string of the molecule is CCC1(c2ccccc2)c2cc(F)ccc2NC(=O)N1CC(F)(F)F.Fc1cc[c-]cc1.N#Cc1cc(Cl)ccc1N.NCC(F)(F)F.Nc1ccc(Cl)cc1C(=O)c1ccc(F)cc1.O=C(c1ccc(F)cc1)c1cc(Cl)ccc1NC(=O)n1ccnc1.O=C1Nc2ccc(Cl)cc2C(O)(c2ccc(F)cc2)N1CC(F)(F)F.[2H]CI.[Br-].[Mg+2]. The third-order valence-electron chi connectivity index (χ3n) is 16.0. The van der Waals surface area contributed by atoms with Crippen molar-refractivity contribution in [3.63, 3.8) is 0 Å². The van der Waals surface area contributed by atoms with Gasteiger partial charge in [0.2, 0.25) is 0 Å². The maximum absolute atomic E-state index is 13.9. The van der Waals surface area contributed by atoms with Gasteiger partial charge in [0.05, 0.1) is 29.0 Å². The predicted octanol–water partition coefficient (Wildman–Crippen LogP) is 17.9. The fraction of sp³-hybridized carbons (Fsp3) is 0.138. The van der Waals surface area contributed by atoms with Gasteiger partial charge in [0.15, 0.2) is 17.3 Å². The number of aliphatic hydroxyl groups is 1. The Bertz CT molecular complexity index is 5250. The molecule has 10 aromatic carbocycles. The number of nitrogens with two attached hydrogens (primary N) is 3. The molecule has 13 rings (SSSR count). The van der Waals surface area contributed by atoms with Gasteiger partial charge < -0.3 is 60.1 Å².